The van der Waals surface area contributed by atoms with Gasteiger partial charge in [0.2, 0.25) is 0 Å². The molecule has 1 unspecified atom stereocenters. The summed E-state index contributed by atoms with van der Waals surface area (Å²) in [5.74, 6) is 0.270. The molecule has 1 saturated heterocycles. The highest BCUT2D eigenvalue weighted by atomic mass is 16.3. The molecule has 220 valence electrons. The fourth-order valence-corrected chi connectivity index (χ4v) is 5.89. The smallest absolute Gasteiger partial charge is 0.254 e. The van der Waals surface area contributed by atoms with E-state index in [0.29, 0.717) is 40.8 Å². The number of benzene rings is 3. The molecule has 0 radical (unpaired) electrons. The molecule has 7 heteroatoms. The number of amides is 2. The van der Waals surface area contributed by atoms with Crippen molar-refractivity contribution in [3.8, 4) is 17.2 Å². The molecule has 5 rings (SSSR count). The minimum Gasteiger partial charge on any atom is -0.467 e. The quantitative estimate of drug-likeness (QED) is 0.208. The summed E-state index contributed by atoms with van der Waals surface area (Å²) in [7, 11) is 0. The van der Waals surface area contributed by atoms with Crippen molar-refractivity contribution in [2.24, 2.45) is 5.73 Å². The summed E-state index contributed by atoms with van der Waals surface area (Å²) in [6, 6.07) is 27.7. The van der Waals surface area contributed by atoms with Crippen molar-refractivity contribution in [1.29, 1.82) is 5.26 Å². The molecule has 7 nitrogen and oxygen atoms in total. The predicted octanol–water partition coefficient (Wildman–Crippen LogP) is 6.65. The molecule has 4 aromatic rings. The van der Waals surface area contributed by atoms with E-state index in [9.17, 15) is 14.9 Å². The average Bonchev–Trinajstić information content (AvgIpc) is 3.76. The topological polar surface area (TPSA) is 112 Å². The number of carbonyl (C=O) groups is 2. The van der Waals surface area contributed by atoms with Crippen LogP contribution in [0, 0.1) is 11.3 Å². The zero-order chi connectivity index (χ0) is 30.2. The fraction of sp³-hybridized carbons (Fsp3) is 0.306. The zero-order valence-electron chi connectivity index (χ0n) is 24.5. The SMILES string of the molecule is CCCC[C@H](N)[C@H](Cc1ccccc1)NC(=O)c1cc(C(=O)N2CCCC2c2ccco2)cc(-c2ccccc2C#N)c1. The van der Waals surface area contributed by atoms with Crippen LogP contribution in [0.3, 0.4) is 0 Å². The van der Waals surface area contributed by atoms with E-state index in [0.717, 1.165) is 43.4 Å². The van der Waals surface area contributed by atoms with Crippen molar-refractivity contribution in [2.75, 3.05) is 6.54 Å². The van der Waals surface area contributed by atoms with Gasteiger partial charge in [-0.05, 0) is 78.8 Å². The third kappa shape index (κ3) is 7.04. The van der Waals surface area contributed by atoms with Crippen LogP contribution in [0.15, 0.2) is 95.6 Å². The Morgan fingerprint density at radius 2 is 1.81 bits per heavy atom. The van der Waals surface area contributed by atoms with E-state index >= 15 is 0 Å². The monoisotopic (exact) mass is 574 g/mol. The maximum atomic E-state index is 14.0. The minimum absolute atomic E-state index is 0.165. The molecular formula is C36H38N4O3. The van der Waals surface area contributed by atoms with Crippen LogP contribution in [-0.4, -0.2) is 35.3 Å². The number of nitrogens with two attached hydrogens (primary N) is 1. The van der Waals surface area contributed by atoms with E-state index in [1.165, 1.54) is 0 Å². The van der Waals surface area contributed by atoms with Crippen molar-refractivity contribution in [2.45, 2.75) is 63.6 Å². The molecule has 2 amide bonds. The first-order valence-corrected chi connectivity index (χ1v) is 15.1. The van der Waals surface area contributed by atoms with Gasteiger partial charge in [-0.25, -0.2) is 0 Å². The molecule has 3 N–H and O–H groups in total. The Hall–Kier alpha value is -4.67. The fourth-order valence-electron chi connectivity index (χ4n) is 5.89. The van der Waals surface area contributed by atoms with Crippen molar-refractivity contribution >= 4 is 11.8 Å². The van der Waals surface area contributed by atoms with Gasteiger partial charge in [-0.15, -0.1) is 0 Å². The standard InChI is InChI=1S/C36H38N4O3/c1-2-3-15-31(38)32(20-25-11-5-4-6-12-25)39-35(41)28-21-27(30-14-8-7-13-26(30)24-37)22-29(23-28)36(42)40-18-9-16-33(40)34-17-10-19-43-34/h4-8,10-14,17,19,21-23,31-33H,2-3,9,15-16,18,20,38H2,1H3,(H,39,41)/t31-,32-,33?/m0/s1. The second-order valence-corrected chi connectivity index (χ2v) is 11.2. The summed E-state index contributed by atoms with van der Waals surface area (Å²) in [5, 5.41) is 13.0. The third-order valence-electron chi connectivity index (χ3n) is 8.21. The van der Waals surface area contributed by atoms with Gasteiger partial charge in [-0.3, -0.25) is 9.59 Å². The molecule has 0 bridgehead atoms. The lowest BCUT2D eigenvalue weighted by atomic mass is 9.94. The van der Waals surface area contributed by atoms with E-state index < -0.39 is 0 Å². The molecule has 43 heavy (non-hydrogen) atoms. The zero-order valence-corrected chi connectivity index (χ0v) is 24.5. The molecule has 3 atom stereocenters. The average molecular weight is 575 g/mol. The number of nitrogens with zero attached hydrogens (tertiary/aromatic N) is 2. The van der Waals surface area contributed by atoms with Gasteiger partial charge in [0, 0.05) is 29.8 Å². The normalized spacial score (nSPS) is 15.9. The number of hydrogen-bond acceptors (Lipinski definition) is 5. The van der Waals surface area contributed by atoms with E-state index in [2.05, 4.69) is 18.3 Å². The molecule has 0 aliphatic carbocycles. The molecule has 1 fully saturated rings. The lowest BCUT2D eigenvalue weighted by molar-refractivity contribution is 0.0720. The van der Waals surface area contributed by atoms with E-state index in [-0.39, 0.29) is 29.9 Å². The predicted molar refractivity (Wildman–Crippen MR) is 167 cm³/mol. The molecule has 3 aromatic carbocycles. The highest BCUT2D eigenvalue weighted by Gasteiger charge is 2.33. The molecule has 2 heterocycles. The second kappa shape index (κ2) is 14.0. The van der Waals surface area contributed by atoms with Gasteiger partial charge >= 0.3 is 0 Å². The van der Waals surface area contributed by atoms with Crippen LogP contribution in [0.5, 0.6) is 0 Å². The Kier molecular flexibility index (Phi) is 9.70. The first kappa shape index (κ1) is 29.8. The summed E-state index contributed by atoms with van der Waals surface area (Å²) >= 11 is 0. The number of nitriles is 1. The van der Waals surface area contributed by atoms with Crippen LogP contribution < -0.4 is 11.1 Å². The van der Waals surface area contributed by atoms with E-state index in [4.69, 9.17) is 10.2 Å². The van der Waals surface area contributed by atoms with Gasteiger partial charge in [0.05, 0.1) is 23.9 Å². The number of carbonyl (C=O) groups excluding carboxylic acids is 2. The highest BCUT2D eigenvalue weighted by Crippen LogP contribution is 2.34. The number of unbranched alkanes of at least 4 members (excludes halogenated alkanes) is 1. The molecule has 1 aliphatic rings. The molecular weight excluding hydrogens is 536 g/mol. The summed E-state index contributed by atoms with van der Waals surface area (Å²) in [4.78, 5) is 29.8. The van der Waals surface area contributed by atoms with Crippen LogP contribution >= 0.6 is 0 Å². The first-order chi connectivity index (χ1) is 21.0. The van der Waals surface area contributed by atoms with Crippen molar-refractivity contribution in [3.05, 3.63) is 119 Å². The van der Waals surface area contributed by atoms with Crippen LogP contribution in [0.4, 0.5) is 0 Å². The Balaban J connectivity index is 1.50. The number of rotatable bonds is 11. The van der Waals surface area contributed by atoms with Gasteiger partial charge in [-0.2, -0.15) is 5.26 Å². The van der Waals surface area contributed by atoms with Crippen molar-refractivity contribution in [1.82, 2.24) is 10.2 Å². The first-order valence-electron chi connectivity index (χ1n) is 15.1. The van der Waals surface area contributed by atoms with Crippen LogP contribution in [0.25, 0.3) is 11.1 Å². The molecule has 0 saturated carbocycles. The van der Waals surface area contributed by atoms with Crippen molar-refractivity contribution in [3.63, 3.8) is 0 Å². The summed E-state index contributed by atoms with van der Waals surface area (Å²) in [6.45, 7) is 2.72. The Morgan fingerprint density at radius 3 is 2.56 bits per heavy atom. The lowest BCUT2D eigenvalue weighted by Crippen LogP contribution is -2.49. The van der Waals surface area contributed by atoms with Gasteiger partial charge < -0.3 is 20.4 Å². The lowest BCUT2D eigenvalue weighted by Gasteiger charge is -2.26. The Bertz CT molecular complexity index is 1580. The molecule has 1 aliphatic heterocycles. The van der Waals surface area contributed by atoms with Gasteiger partial charge in [0.1, 0.15) is 5.76 Å². The number of hydrogen-bond donors (Lipinski definition) is 2. The van der Waals surface area contributed by atoms with Crippen LogP contribution in [0.1, 0.15) is 82.7 Å². The number of likely N-dealkylation sites (tertiary alicyclic amines) is 1. The minimum atomic E-state index is -0.303. The van der Waals surface area contributed by atoms with Crippen molar-refractivity contribution < 1.29 is 14.0 Å². The van der Waals surface area contributed by atoms with Gasteiger partial charge in [0.15, 0.2) is 0 Å². The summed E-state index contributed by atoms with van der Waals surface area (Å²) in [6.07, 6.45) is 6.65. The summed E-state index contributed by atoms with van der Waals surface area (Å²) in [5.41, 5.74) is 10.2. The van der Waals surface area contributed by atoms with Crippen LogP contribution in [0.2, 0.25) is 0 Å². The highest BCUT2D eigenvalue weighted by molar-refractivity contribution is 6.02. The third-order valence-corrected chi connectivity index (χ3v) is 8.21. The molecule has 1 aromatic heterocycles. The van der Waals surface area contributed by atoms with E-state index in [1.807, 2.05) is 59.5 Å². The van der Waals surface area contributed by atoms with E-state index in [1.54, 1.807) is 36.6 Å². The summed E-state index contributed by atoms with van der Waals surface area (Å²) < 4.78 is 5.66. The van der Waals surface area contributed by atoms with Crippen LogP contribution in [-0.2, 0) is 6.42 Å². The Labute approximate surface area is 253 Å². The maximum absolute atomic E-state index is 14.0. The van der Waals surface area contributed by atoms with Gasteiger partial charge in [0.25, 0.3) is 11.8 Å². The second-order valence-electron chi connectivity index (χ2n) is 11.2. The maximum Gasteiger partial charge on any atom is 0.254 e. The van der Waals surface area contributed by atoms with Gasteiger partial charge in [-0.1, -0.05) is 68.3 Å². The number of nitrogens with one attached hydrogen (secondary N) is 1. The Morgan fingerprint density at radius 1 is 1.05 bits per heavy atom. The number of furan rings is 1. The largest absolute Gasteiger partial charge is 0.467 e. The molecule has 0 spiro atoms.